The van der Waals surface area contributed by atoms with E-state index in [1.807, 2.05) is 23.1 Å². The molecule has 1 unspecified atom stereocenters. The Hall–Kier alpha value is -1.35. The lowest BCUT2D eigenvalue weighted by Crippen LogP contribution is -2.34. The lowest BCUT2D eigenvalue weighted by molar-refractivity contribution is 0.0988. The first-order valence-electron chi connectivity index (χ1n) is 7.03. The van der Waals surface area contributed by atoms with E-state index in [9.17, 15) is 4.79 Å². The number of halogens is 1. The third-order valence-electron chi connectivity index (χ3n) is 4.21. The molecule has 0 spiro atoms. The molecule has 0 bridgehead atoms. The minimum absolute atomic E-state index is 0.142. The van der Waals surface area contributed by atoms with Crippen LogP contribution >= 0.6 is 15.9 Å². The van der Waals surface area contributed by atoms with Gasteiger partial charge >= 0.3 is 0 Å². The molecule has 2 aromatic rings. The minimum atomic E-state index is 0.142. The number of benzene rings is 2. The monoisotopic (exact) mass is 331 g/mol. The van der Waals surface area contributed by atoms with Gasteiger partial charge in [0.15, 0.2) is 0 Å². The molecule has 1 heterocycles. The third-order valence-corrected chi connectivity index (χ3v) is 5.04. The second kappa shape index (κ2) is 5.21. The van der Waals surface area contributed by atoms with Gasteiger partial charge in [0.2, 0.25) is 0 Å². The van der Waals surface area contributed by atoms with Gasteiger partial charge in [-0.15, -0.1) is 0 Å². The maximum atomic E-state index is 12.7. The van der Waals surface area contributed by atoms with Crippen LogP contribution in [0.3, 0.4) is 0 Å². The fraction of sp³-hybridized carbons (Fsp3) is 0.353. The first-order valence-corrected chi connectivity index (χ1v) is 8.15. The zero-order valence-electron chi connectivity index (χ0n) is 11.8. The van der Waals surface area contributed by atoms with Gasteiger partial charge in [0, 0.05) is 22.8 Å². The SMILES string of the molecule is CC(C)C(CBr)CN1C(=O)c2cccc3cccc1c23. The summed E-state index contributed by atoms with van der Waals surface area (Å²) in [6, 6.07) is 12.1. The van der Waals surface area contributed by atoms with E-state index in [1.54, 1.807) is 0 Å². The maximum Gasteiger partial charge on any atom is 0.259 e. The Labute approximate surface area is 127 Å². The van der Waals surface area contributed by atoms with E-state index in [0.717, 1.165) is 33.9 Å². The zero-order valence-corrected chi connectivity index (χ0v) is 13.4. The van der Waals surface area contributed by atoms with Gasteiger partial charge in [-0.05, 0) is 29.4 Å². The topological polar surface area (TPSA) is 20.3 Å². The van der Waals surface area contributed by atoms with Crippen molar-refractivity contribution in [3.8, 4) is 0 Å². The van der Waals surface area contributed by atoms with Crippen molar-refractivity contribution in [2.24, 2.45) is 11.8 Å². The molecule has 1 aliphatic heterocycles. The number of carbonyl (C=O) groups is 1. The fourth-order valence-corrected chi connectivity index (χ4v) is 3.79. The van der Waals surface area contributed by atoms with E-state index in [2.05, 4.69) is 48.0 Å². The van der Waals surface area contributed by atoms with Crippen LogP contribution in [0, 0.1) is 11.8 Å². The highest BCUT2D eigenvalue weighted by atomic mass is 79.9. The van der Waals surface area contributed by atoms with Gasteiger partial charge in [-0.2, -0.15) is 0 Å². The van der Waals surface area contributed by atoms with Crippen molar-refractivity contribution >= 4 is 38.3 Å². The van der Waals surface area contributed by atoms with Crippen molar-refractivity contribution in [2.75, 3.05) is 16.8 Å². The van der Waals surface area contributed by atoms with Crippen LogP contribution in [0.15, 0.2) is 36.4 Å². The number of rotatable bonds is 4. The largest absolute Gasteiger partial charge is 0.307 e. The smallest absolute Gasteiger partial charge is 0.259 e. The summed E-state index contributed by atoms with van der Waals surface area (Å²) in [5, 5.41) is 3.17. The normalized spacial score (nSPS) is 15.4. The summed E-state index contributed by atoms with van der Waals surface area (Å²) in [7, 11) is 0. The number of nitrogens with zero attached hydrogens (tertiary/aromatic N) is 1. The maximum absolute atomic E-state index is 12.7. The molecule has 0 aromatic heterocycles. The average molecular weight is 332 g/mol. The molecular weight excluding hydrogens is 314 g/mol. The first kappa shape index (κ1) is 13.6. The van der Waals surface area contributed by atoms with E-state index < -0.39 is 0 Å². The molecule has 0 N–H and O–H groups in total. The van der Waals surface area contributed by atoms with Gasteiger partial charge in [-0.3, -0.25) is 4.79 Å². The highest BCUT2D eigenvalue weighted by Gasteiger charge is 2.31. The van der Waals surface area contributed by atoms with Crippen LogP contribution in [0.5, 0.6) is 0 Å². The van der Waals surface area contributed by atoms with Gasteiger partial charge < -0.3 is 4.90 Å². The highest BCUT2D eigenvalue weighted by molar-refractivity contribution is 9.09. The van der Waals surface area contributed by atoms with Gasteiger partial charge in [0.1, 0.15) is 0 Å². The fourth-order valence-electron chi connectivity index (χ4n) is 2.83. The highest BCUT2D eigenvalue weighted by Crippen LogP contribution is 2.38. The Balaban J connectivity index is 2.05. The average Bonchev–Trinajstić information content (AvgIpc) is 2.72. The van der Waals surface area contributed by atoms with Crippen LogP contribution < -0.4 is 4.90 Å². The number of hydrogen-bond donors (Lipinski definition) is 0. The molecule has 1 aliphatic rings. The summed E-state index contributed by atoms with van der Waals surface area (Å²) in [5.41, 5.74) is 1.91. The minimum Gasteiger partial charge on any atom is -0.307 e. The lowest BCUT2D eigenvalue weighted by Gasteiger charge is -2.26. The molecule has 0 fully saturated rings. The Morgan fingerprint density at radius 1 is 1.15 bits per heavy atom. The molecule has 2 aromatic carbocycles. The van der Waals surface area contributed by atoms with Crippen molar-refractivity contribution in [2.45, 2.75) is 13.8 Å². The predicted octanol–water partition coefficient (Wildman–Crippen LogP) is 4.47. The molecule has 2 nitrogen and oxygen atoms in total. The molecular formula is C17H18BrNO. The molecule has 0 aliphatic carbocycles. The Kier molecular flexibility index (Phi) is 3.55. The van der Waals surface area contributed by atoms with Gasteiger partial charge in [0.25, 0.3) is 5.91 Å². The lowest BCUT2D eigenvalue weighted by atomic mass is 9.97. The molecule has 0 saturated heterocycles. The van der Waals surface area contributed by atoms with Crippen molar-refractivity contribution in [1.29, 1.82) is 0 Å². The number of carbonyl (C=O) groups excluding carboxylic acids is 1. The summed E-state index contributed by atoms with van der Waals surface area (Å²) in [4.78, 5) is 14.6. The summed E-state index contributed by atoms with van der Waals surface area (Å²) in [5.74, 6) is 1.15. The van der Waals surface area contributed by atoms with Crippen molar-refractivity contribution in [1.82, 2.24) is 0 Å². The Bertz CT molecular complexity index is 660. The third kappa shape index (κ3) is 2.05. The van der Waals surface area contributed by atoms with E-state index >= 15 is 0 Å². The number of alkyl halides is 1. The summed E-state index contributed by atoms with van der Waals surface area (Å²) >= 11 is 3.58. The van der Waals surface area contributed by atoms with Crippen LogP contribution in [0.1, 0.15) is 24.2 Å². The molecule has 3 heteroatoms. The van der Waals surface area contributed by atoms with Crippen molar-refractivity contribution in [3.05, 3.63) is 42.0 Å². The van der Waals surface area contributed by atoms with Crippen LogP contribution in [0.2, 0.25) is 0 Å². The molecule has 0 radical (unpaired) electrons. The van der Waals surface area contributed by atoms with Gasteiger partial charge in [0.05, 0.1) is 5.69 Å². The Morgan fingerprint density at radius 2 is 1.85 bits per heavy atom. The predicted molar refractivity (Wildman–Crippen MR) is 87.7 cm³/mol. The second-order valence-electron chi connectivity index (χ2n) is 5.75. The molecule has 1 atom stereocenters. The van der Waals surface area contributed by atoms with Crippen LogP contribution in [0.4, 0.5) is 5.69 Å². The van der Waals surface area contributed by atoms with E-state index in [4.69, 9.17) is 0 Å². The Morgan fingerprint density at radius 3 is 2.50 bits per heavy atom. The van der Waals surface area contributed by atoms with Gasteiger partial charge in [-0.25, -0.2) is 0 Å². The van der Waals surface area contributed by atoms with Crippen LogP contribution in [0.25, 0.3) is 10.8 Å². The molecule has 104 valence electrons. The quantitative estimate of drug-likeness (QED) is 0.757. The van der Waals surface area contributed by atoms with Crippen molar-refractivity contribution in [3.63, 3.8) is 0 Å². The number of anilines is 1. The molecule has 1 amide bonds. The van der Waals surface area contributed by atoms with Crippen molar-refractivity contribution < 1.29 is 4.79 Å². The number of amides is 1. The second-order valence-corrected chi connectivity index (χ2v) is 6.40. The van der Waals surface area contributed by atoms with E-state index in [1.165, 1.54) is 0 Å². The van der Waals surface area contributed by atoms with E-state index in [-0.39, 0.29) is 5.91 Å². The summed E-state index contributed by atoms with van der Waals surface area (Å²) in [6.45, 7) is 5.19. The number of hydrogen-bond acceptors (Lipinski definition) is 1. The zero-order chi connectivity index (χ0) is 14.3. The van der Waals surface area contributed by atoms with Crippen LogP contribution in [-0.4, -0.2) is 17.8 Å². The molecule has 3 rings (SSSR count). The summed E-state index contributed by atoms with van der Waals surface area (Å²) < 4.78 is 0. The standard InChI is InChI=1S/C17H18BrNO/c1-11(2)13(9-18)10-19-15-8-4-6-12-5-3-7-14(16(12)15)17(19)20/h3-8,11,13H,9-10H2,1-2H3. The molecule has 0 saturated carbocycles. The summed E-state index contributed by atoms with van der Waals surface area (Å²) in [6.07, 6.45) is 0. The van der Waals surface area contributed by atoms with E-state index in [0.29, 0.717) is 11.8 Å². The first-order chi connectivity index (χ1) is 9.63. The van der Waals surface area contributed by atoms with Crippen LogP contribution in [-0.2, 0) is 0 Å². The molecule has 20 heavy (non-hydrogen) atoms. The van der Waals surface area contributed by atoms with Gasteiger partial charge in [-0.1, -0.05) is 54.0 Å².